The molecule has 0 aliphatic heterocycles. The summed E-state index contributed by atoms with van der Waals surface area (Å²) in [6, 6.07) is 5.46. The molecule has 0 saturated carbocycles. The lowest BCUT2D eigenvalue weighted by molar-refractivity contribution is -0.143. The summed E-state index contributed by atoms with van der Waals surface area (Å²) >= 11 is 0. The number of ketones is 1. The van der Waals surface area contributed by atoms with E-state index in [9.17, 15) is 18.9 Å². The van der Waals surface area contributed by atoms with E-state index in [4.69, 9.17) is 9.05 Å². The van der Waals surface area contributed by atoms with Gasteiger partial charge >= 0.3 is 13.6 Å². The second kappa shape index (κ2) is 11.0. The second-order valence-electron chi connectivity index (χ2n) is 5.81. The molecule has 0 radical (unpaired) electrons. The van der Waals surface area contributed by atoms with Crippen molar-refractivity contribution in [2.75, 3.05) is 21.3 Å². The highest BCUT2D eigenvalue weighted by molar-refractivity contribution is 7.52. The zero-order valence-electron chi connectivity index (χ0n) is 16.0. The van der Waals surface area contributed by atoms with Crippen molar-refractivity contribution in [1.82, 2.24) is 5.32 Å². The molecule has 1 aromatic rings. The topological polar surface area (TPSA) is 108 Å². The van der Waals surface area contributed by atoms with Crippen molar-refractivity contribution in [2.24, 2.45) is 0 Å². The fourth-order valence-electron chi connectivity index (χ4n) is 2.30. The fourth-order valence-corrected chi connectivity index (χ4v) is 3.37. The Bertz CT molecular complexity index is 694. The molecule has 0 aliphatic rings. The Morgan fingerprint density at radius 1 is 1.07 bits per heavy atom. The maximum absolute atomic E-state index is 12.4. The molecular formula is C18H26NO7P. The third-order valence-electron chi connectivity index (χ3n) is 4.05. The predicted molar refractivity (Wildman–Crippen MR) is 99.6 cm³/mol. The van der Waals surface area contributed by atoms with Crippen LogP contribution in [0.3, 0.4) is 0 Å². The maximum Gasteiger partial charge on any atom is 0.334 e. The molecule has 9 heteroatoms. The predicted octanol–water partition coefficient (Wildman–Crippen LogP) is 2.70. The number of nitrogens with one attached hydrogen (secondary N) is 1. The SMILES string of the molecule is CCC(=O)CC[C@@H](NC(=O)c1ccc(CP(=O)(OC)OC)cc1)C(=O)OC. The van der Waals surface area contributed by atoms with Crippen LogP contribution in [0.15, 0.2) is 24.3 Å². The highest BCUT2D eigenvalue weighted by atomic mass is 31.2. The van der Waals surface area contributed by atoms with Crippen molar-refractivity contribution in [3.63, 3.8) is 0 Å². The van der Waals surface area contributed by atoms with Crippen molar-refractivity contribution in [2.45, 2.75) is 38.4 Å². The molecule has 27 heavy (non-hydrogen) atoms. The lowest BCUT2D eigenvalue weighted by Gasteiger charge is -2.16. The van der Waals surface area contributed by atoms with Gasteiger partial charge in [0.05, 0.1) is 13.3 Å². The van der Waals surface area contributed by atoms with Gasteiger partial charge in [-0.15, -0.1) is 0 Å². The average molecular weight is 399 g/mol. The normalized spacial score (nSPS) is 12.3. The van der Waals surface area contributed by atoms with E-state index in [2.05, 4.69) is 10.1 Å². The highest BCUT2D eigenvalue weighted by Crippen LogP contribution is 2.49. The summed E-state index contributed by atoms with van der Waals surface area (Å²) in [4.78, 5) is 35.7. The van der Waals surface area contributed by atoms with E-state index < -0.39 is 25.5 Å². The van der Waals surface area contributed by atoms with Crippen LogP contribution in [0, 0.1) is 0 Å². The first kappa shape index (κ1) is 23.0. The van der Waals surface area contributed by atoms with Crippen LogP contribution in [-0.2, 0) is 34.1 Å². The van der Waals surface area contributed by atoms with Gasteiger partial charge in [0.1, 0.15) is 11.8 Å². The molecule has 0 aliphatic carbocycles. The fraction of sp³-hybridized carbons (Fsp3) is 0.500. The van der Waals surface area contributed by atoms with Gasteiger partial charge in [-0.2, -0.15) is 0 Å². The summed E-state index contributed by atoms with van der Waals surface area (Å²) in [6.07, 6.45) is 0.800. The van der Waals surface area contributed by atoms with Gasteiger partial charge in [0, 0.05) is 32.6 Å². The molecule has 0 unspecified atom stereocenters. The van der Waals surface area contributed by atoms with E-state index in [-0.39, 0.29) is 24.8 Å². The van der Waals surface area contributed by atoms with E-state index in [1.54, 1.807) is 31.2 Å². The monoisotopic (exact) mass is 399 g/mol. The van der Waals surface area contributed by atoms with Crippen LogP contribution < -0.4 is 5.32 Å². The van der Waals surface area contributed by atoms with E-state index in [0.717, 1.165) is 0 Å². The van der Waals surface area contributed by atoms with Gasteiger partial charge < -0.3 is 19.1 Å². The first-order valence-corrected chi connectivity index (χ1v) is 10.2. The van der Waals surface area contributed by atoms with Crippen LogP contribution in [0.5, 0.6) is 0 Å². The molecule has 150 valence electrons. The van der Waals surface area contributed by atoms with Gasteiger partial charge in [0.25, 0.3) is 5.91 Å². The Kier molecular flexibility index (Phi) is 9.35. The summed E-state index contributed by atoms with van der Waals surface area (Å²) in [6.45, 7) is 1.74. The van der Waals surface area contributed by atoms with Crippen molar-refractivity contribution in [3.05, 3.63) is 35.4 Å². The third-order valence-corrected chi connectivity index (χ3v) is 5.91. The molecule has 1 amide bonds. The van der Waals surface area contributed by atoms with E-state index in [1.807, 2.05) is 0 Å². The number of benzene rings is 1. The molecule has 0 heterocycles. The van der Waals surface area contributed by atoms with Crippen molar-refractivity contribution >= 4 is 25.3 Å². The molecular weight excluding hydrogens is 373 g/mol. The van der Waals surface area contributed by atoms with Gasteiger partial charge in [-0.1, -0.05) is 19.1 Å². The third kappa shape index (κ3) is 7.25. The van der Waals surface area contributed by atoms with Crippen molar-refractivity contribution in [1.29, 1.82) is 0 Å². The molecule has 8 nitrogen and oxygen atoms in total. The lowest BCUT2D eigenvalue weighted by atomic mass is 10.1. The first-order chi connectivity index (χ1) is 12.8. The molecule has 0 bridgehead atoms. The van der Waals surface area contributed by atoms with E-state index in [0.29, 0.717) is 17.5 Å². The number of amides is 1. The molecule has 1 rings (SSSR count). The number of ether oxygens (including phenoxy) is 1. The number of carbonyl (C=O) groups excluding carboxylic acids is 3. The summed E-state index contributed by atoms with van der Waals surface area (Å²) in [5, 5.41) is 2.58. The molecule has 1 atom stereocenters. The molecule has 0 fully saturated rings. The zero-order valence-corrected chi connectivity index (χ0v) is 16.9. The molecule has 1 N–H and O–H groups in total. The van der Waals surface area contributed by atoms with Crippen LogP contribution >= 0.6 is 7.60 Å². The van der Waals surface area contributed by atoms with E-state index in [1.165, 1.54) is 21.3 Å². The summed E-state index contributed by atoms with van der Waals surface area (Å²) < 4.78 is 26.6. The minimum atomic E-state index is -3.20. The molecule has 0 aromatic heterocycles. The Hall–Kier alpha value is -2.02. The number of hydrogen-bond acceptors (Lipinski definition) is 7. The Morgan fingerprint density at radius 2 is 1.67 bits per heavy atom. The largest absolute Gasteiger partial charge is 0.467 e. The number of methoxy groups -OCH3 is 1. The number of carbonyl (C=O) groups is 3. The van der Waals surface area contributed by atoms with Gasteiger partial charge in [-0.3, -0.25) is 14.2 Å². The summed E-state index contributed by atoms with van der Waals surface area (Å²) in [5.41, 5.74) is 0.996. The second-order valence-corrected chi connectivity index (χ2v) is 8.08. The van der Waals surface area contributed by atoms with Crippen LogP contribution in [-0.4, -0.2) is 45.0 Å². The maximum atomic E-state index is 12.4. The van der Waals surface area contributed by atoms with Crippen LogP contribution in [0.2, 0.25) is 0 Å². The molecule has 0 saturated heterocycles. The number of rotatable bonds is 11. The minimum Gasteiger partial charge on any atom is -0.467 e. The minimum absolute atomic E-state index is 0.00298. The smallest absolute Gasteiger partial charge is 0.334 e. The van der Waals surface area contributed by atoms with Crippen LogP contribution in [0.25, 0.3) is 0 Å². The number of esters is 1. The van der Waals surface area contributed by atoms with E-state index >= 15 is 0 Å². The zero-order chi connectivity index (χ0) is 20.4. The van der Waals surface area contributed by atoms with Crippen molar-refractivity contribution < 1.29 is 32.7 Å². The van der Waals surface area contributed by atoms with Gasteiger partial charge in [-0.25, -0.2) is 4.79 Å². The standard InChI is InChI=1S/C18H26NO7P/c1-5-15(20)10-11-16(18(22)24-2)19-17(21)14-8-6-13(7-9-14)12-27(23,25-3)26-4/h6-9,16H,5,10-12H2,1-4H3,(H,19,21)/t16-/m1/s1. The first-order valence-electron chi connectivity index (χ1n) is 8.48. The lowest BCUT2D eigenvalue weighted by Crippen LogP contribution is -2.41. The molecule has 1 aromatic carbocycles. The van der Waals surface area contributed by atoms with Gasteiger partial charge in [0.15, 0.2) is 0 Å². The number of hydrogen-bond donors (Lipinski definition) is 1. The number of Topliss-reactive ketones (excluding diaryl/α,β-unsaturated/α-hetero) is 1. The Labute approximate surface area is 159 Å². The highest BCUT2D eigenvalue weighted by Gasteiger charge is 2.24. The van der Waals surface area contributed by atoms with Crippen LogP contribution in [0.4, 0.5) is 0 Å². The van der Waals surface area contributed by atoms with Crippen LogP contribution in [0.1, 0.15) is 42.1 Å². The quantitative estimate of drug-likeness (QED) is 0.450. The molecule has 0 spiro atoms. The Morgan fingerprint density at radius 3 is 2.15 bits per heavy atom. The summed E-state index contributed by atoms with van der Waals surface area (Å²) in [7, 11) is 0.643. The average Bonchev–Trinajstić information content (AvgIpc) is 2.70. The van der Waals surface area contributed by atoms with Gasteiger partial charge in [0.2, 0.25) is 0 Å². The Balaban J connectivity index is 2.80. The van der Waals surface area contributed by atoms with Crippen molar-refractivity contribution in [3.8, 4) is 0 Å². The van der Waals surface area contributed by atoms with Gasteiger partial charge in [-0.05, 0) is 24.1 Å². The summed E-state index contributed by atoms with van der Waals surface area (Å²) in [5.74, 6) is -1.07.